The summed E-state index contributed by atoms with van der Waals surface area (Å²) in [5.74, 6) is 2.34. The highest BCUT2D eigenvalue weighted by molar-refractivity contribution is 6.12. The number of nitrogens with one attached hydrogen (secondary N) is 1. The monoisotopic (exact) mass is 426 g/mol. The summed E-state index contributed by atoms with van der Waals surface area (Å²) in [6, 6.07) is 16.5. The lowest BCUT2D eigenvalue weighted by Gasteiger charge is -2.28. The summed E-state index contributed by atoms with van der Waals surface area (Å²) in [5, 5.41) is 14.6. The Bertz CT molecular complexity index is 1400. The maximum Gasteiger partial charge on any atom is 0.204 e. The predicted molar refractivity (Wildman–Crippen MR) is 121 cm³/mol. The lowest BCUT2D eigenvalue weighted by Crippen LogP contribution is -2.37. The van der Waals surface area contributed by atoms with Gasteiger partial charge in [-0.25, -0.2) is 9.97 Å². The molecule has 0 spiro atoms. The van der Waals surface area contributed by atoms with Crippen LogP contribution in [0.2, 0.25) is 0 Å². The lowest BCUT2D eigenvalue weighted by atomic mass is 10.1. The van der Waals surface area contributed by atoms with Crippen LogP contribution < -0.4 is 4.90 Å². The van der Waals surface area contributed by atoms with Gasteiger partial charge in [-0.2, -0.15) is 4.80 Å². The van der Waals surface area contributed by atoms with Crippen molar-refractivity contribution in [3.8, 4) is 11.4 Å². The highest BCUT2D eigenvalue weighted by atomic mass is 16.5. The van der Waals surface area contributed by atoms with E-state index in [0.29, 0.717) is 25.5 Å². The standard InChI is InChI=1S/C23H22N8O/c1-30-28-21(27-29-30)16-7-8-18-17(14-16)20-22(24-18)25-19(13-15-5-3-2-4-6-15)26-23(20)31-9-11-32-12-10-31/h2-8,14H,9-13H2,1H3,(H,24,25,26). The molecule has 160 valence electrons. The lowest BCUT2D eigenvalue weighted by molar-refractivity contribution is 0.122. The van der Waals surface area contributed by atoms with Gasteiger partial charge in [0.2, 0.25) is 5.82 Å². The van der Waals surface area contributed by atoms with Crippen LogP contribution in [0.4, 0.5) is 5.82 Å². The number of fused-ring (bicyclic) bond motifs is 3. The maximum absolute atomic E-state index is 5.59. The molecule has 1 N–H and O–H groups in total. The molecule has 0 atom stereocenters. The number of rotatable bonds is 4. The van der Waals surface area contributed by atoms with Gasteiger partial charge in [0.25, 0.3) is 0 Å². The number of nitrogens with zero attached hydrogens (tertiary/aromatic N) is 7. The van der Waals surface area contributed by atoms with Gasteiger partial charge < -0.3 is 14.6 Å². The quantitative estimate of drug-likeness (QED) is 0.472. The van der Waals surface area contributed by atoms with Crippen molar-refractivity contribution < 1.29 is 4.74 Å². The van der Waals surface area contributed by atoms with Crippen LogP contribution >= 0.6 is 0 Å². The first kappa shape index (κ1) is 18.9. The number of aromatic nitrogens is 7. The molecule has 3 aromatic heterocycles. The fourth-order valence-electron chi connectivity index (χ4n) is 4.22. The van der Waals surface area contributed by atoms with Gasteiger partial charge in [0, 0.05) is 36.0 Å². The molecule has 0 unspecified atom stereocenters. The molecule has 6 rings (SSSR count). The zero-order valence-corrected chi connectivity index (χ0v) is 17.7. The van der Waals surface area contributed by atoms with Crippen molar-refractivity contribution in [2.24, 2.45) is 7.05 Å². The Hall–Kier alpha value is -3.85. The second kappa shape index (κ2) is 7.69. The van der Waals surface area contributed by atoms with Crippen LogP contribution in [0.15, 0.2) is 48.5 Å². The number of aromatic amines is 1. The van der Waals surface area contributed by atoms with E-state index < -0.39 is 0 Å². The molecule has 32 heavy (non-hydrogen) atoms. The zero-order chi connectivity index (χ0) is 21.5. The highest BCUT2D eigenvalue weighted by Gasteiger charge is 2.21. The minimum atomic E-state index is 0.596. The Morgan fingerprint density at radius 1 is 1.03 bits per heavy atom. The maximum atomic E-state index is 5.59. The zero-order valence-electron chi connectivity index (χ0n) is 17.7. The van der Waals surface area contributed by atoms with Crippen molar-refractivity contribution in [3.63, 3.8) is 0 Å². The van der Waals surface area contributed by atoms with Gasteiger partial charge in [0.1, 0.15) is 17.3 Å². The topological polar surface area (TPSA) is 97.6 Å². The average molecular weight is 426 g/mol. The molecule has 0 bridgehead atoms. The van der Waals surface area contributed by atoms with Gasteiger partial charge in [0.05, 0.1) is 25.6 Å². The number of ether oxygens (including phenoxy) is 1. The molecule has 1 aliphatic rings. The molecule has 0 saturated carbocycles. The Labute approximate surface area is 184 Å². The number of hydrogen-bond acceptors (Lipinski definition) is 7. The van der Waals surface area contributed by atoms with Crippen LogP contribution in [0.25, 0.3) is 33.3 Å². The molecule has 2 aromatic carbocycles. The Kier molecular flexibility index (Phi) is 4.53. The van der Waals surface area contributed by atoms with E-state index in [4.69, 9.17) is 14.7 Å². The summed E-state index contributed by atoms with van der Waals surface area (Å²) in [4.78, 5) is 17.2. The van der Waals surface area contributed by atoms with Crippen molar-refractivity contribution in [1.29, 1.82) is 0 Å². The molecule has 5 aromatic rings. The number of aryl methyl sites for hydroxylation is 1. The second-order valence-corrected chi connectivity index (χ2v) is 7.94. The van der Waals surface area contributed by atoms with Crippen molar-refractivity contribution in [3.05, 3.63) is 59.9 Å². The van der Waals surface area contributed by atoms with Crippen LogP contribution in [-0.2, 0) is 18.2 Å². The first-order valence-corrected chi connectivity index (χ1v) is 10.7. The van der Waals surface area contributed by atoms with E-state index in [0.717, 1.165) is 52.2 Å². The molecule has 1 aliphatic heterocycles. The molecule has 4 heterocycles. The molecule has 9 nitrogen and oxygen atoms in total. The summed E-state index contributed by atoms with van der Waals surface area (Å²) >= 11 is 0. The van der Waals surface area contributed by atoms with Crippen LogP contribution in [0.3, 0.4) is 0 Å². The minimum absolute atomic E-state index is 0.596. The van der Waals surface area contributed by atoms with Crippen molar-refractivity contribution in [2.75, 3.05) is 31.2 Å². The summed E-state index contributed by atoms with van der Waals surface area (Å²) in [5.41, 5.74) is 3.94. The van der Waals surface area contributed by atoms with E-state index >= 15 is 0 Å². The first-order chi connectivity index (χ1) is 15.7. The number of anilines is 1. The molecule has 0 radical (unpaired) electrons. The second-order valence-electron chi connectivity index (χ2n) is 7.94. The largest absolute Gasteiger partial charge is 0.378 e. The molecular weight excluding hydrogens is 404 g/mol. The third kappa shape index (κ3) is 3.36. The summed E-state index contributed by atoms with van der Waals surface area (Å²) in [6.07, 6.45) is 0.679. The van der Waals surface area contributed by atoms with E-state index in [1.165, 1.54) is 10.4 Å². The van der Waals surface area contributed by atoms with E-state index in [1.54, 1.807) is 7.05 Å². The molecule has 0 aliphatic carbocycles. The van der Waals surface area contributed by atoms with Crippen molar-refractivity contribution in [1.82, 2.24) is 35.2 Å². The number of H-pyrrole nitrogens is 1. The molecule has 1 fully saturated rings. The van der Waals surface area contributed by atoms with Gasteiger partial charge in [-0.3, -0.25) is 0 Å². The average Bonchev–Trinajstić information content (AvgIpc) is 3.42. The number of morpholine rings is 1. The summed E-state index contributed by atoms with van der Waals surface area (Å²) in [6.45, 7) is 2.98. The fraction of sp³-hybridized carbons (Fsp3) is 0.261. The molecule has 0 amide bonds. The Morgan fingerprint density at radius 3 is 2.66 bits per heavy atom. The Balaban J connectivity index is 1.53. The third-order valence-electron chi connectivity index (χ3n) is 5.76. The van der Waals surface area contributed by atoms with Gasteiger partial charge in [-0.1, -0.05) is 30.3 Å². The van der Waals surface area contributed by atoms with Crippen LogP contribution in [0.1, 0.15) is 11.4 Å². The predicted octanol–water partition coefficient (Wildman–Crippen LogP) is 2.73. The van der Waals surface area contributed by atoms with Gasteiger partial charge in [-0.05, 0) is 29.0 Å². The van der Waals surface area contributed by atoms with E-state index in [2.05, 4.69) is 43.5 Å². The molecule has 1 saturated heterocycles. The van der Waals surface area contributed by atoms with Crippen molar-refractivity contribution in [2.45, 2.75) is 6.42 Å². The van der Waals surface area contributed by atoms with E-state index in [-0.39, 0.29) is 0 Å². The van der Waals surface area contributed by atoms with Gasteiger partial charge in [-0.15, -0.1) is 10.2 Å². The number of benzene rings is 2. The first-order valence-electron chi connectivity index (χ1n) is 10.7. The third-order valence-corrected chi connectivity index (χ3v) is 5.76. The van der Waals surface area contributed by atoms with Crippen LogP contribution in [0, 0.1) is 0 Å². The molecule has 9 heteroatoms. The van der Waals surface area contributed by atoms with E-state index in [9.17, 15) is 0 Å². The SMILES string of the molecule is Cn1nnc(-c2ccc3[nH]c4nc(Cc5ccccc5)nc(N5CCOCC5)c4c3c2)n1. The minimum Gasteiger partial charge on any atom is -0.378 e. The highest BCUT2D eigenvalue weighted by Crippen LogP contribution is 2.34. The van der Waals surface area contributed by atoms with E-state index in [1.807, 2.05) is 30.3 Å². The van der Waals surface area contributed by atoms with Crippen LogP contribution in [-0.4, -0.2) is 61.5 Å². The number of tetrazole rings is 1. The van der Waals surface area contributed by atoms with Crippen molar-refractivity contribution >= 4 is 27.8 Å². The smallest absolute Gasteiger partial charge is 0.204 e. The van der Waals surface area contributed by atoms with Gasteiger partial charge >= 0.3 is 0 Å². The summed E-state index contributed by atoms with van der Waals surface area (Å²) in [7, 11) is 1.76. The van der Waals surface area contributed by atoms with Gasteiger partial charge in [0.15, 0.2) is 0 Å². The molecular formula is C23H22N8O. The van der Waals surface area contributed by atoms with Crippen LogP contribution in [0.5, 0.6) is 0 Å². The number of hydrogen-bond donors (Lipinski definition) is 1. The Morgan fingerprint density at radius 2 is 1.88 bits per heavy atom. The normalized spacial score (nSPS) is 14.5. The fourth-order valence-corrected chi connectivity index (χ4v) is 4.22. The summed E-state index contributed by atoms with van der Waals surface area (Å²) < 4.78 is 5.59.